The van der Waals surface area contributed by atoms with Crippen LogP contribution in [0.15, 0.2) is 12.2 Å². The summed E-state index contributed by atoms with van der Waals surface area (Å²) in [5.41, 5.74) is 0.935. The third kappa shape index (κ3) is 4.95. The molecule has 2 nitrogen and oxygen atoms in total. The highest BCUT2D eigenvalue weighted by atomic mass is 32.3. The fraction of sp³-hybridized carbons (Fsp3) is 0.688. The van der Waals surface area contributed by atoms with Crippen LogP contribution in [0.3, 0.4) is 0 Å². The van der Waals surface area contributed by atoms with E-state index in [9.17, 15) is 4.79 Å². The predicted molar refractivity (Wildman–Crippen MR) is 88.6 cm³/mol. The van der Waals surface area contributed by atoms with Gasteiger partial charge in [-0.05, 0) is 27.9 Å². The van der Waals surface area contributed by atoms with E-state index >= 15 is 0 Å². The van der Waals surface area contributed by atoms with Gasteiger partial charge in [0.25, 0.3) is 5.91 Å². The zero-order valence-electron chi connectivity index (χ0n) is 13.5. The number of amides is 1. The molecule has 19 heavy (non-hydrogen) atoms. The molecule has 0 aromatic carbocycles. The number of nitrogens with one attached hydrogen (secondary N) is 1. The van der Waals surface area contributed by atoms with Crippen LogP contribution in [0, 0.1) is 11.2 Å². The molecule has 0 spiro atoms. The Bertz CT molecular complexity index is 364. The summed E-state index contributed by atoms with van der Waals surface area (Å²) in [5, 5.41) is 7.60. The molecule has 0 aliphatic carbocycles. The van der Waals surface area contributed by atoms with Gasteiger partial charge < -0.3 is 5.32 Å². The van der Waals surface area contributed by atoms with Crippen LogP contribution in [0.2, 0.25) is 0 Å². The van der Waals surface area contributed by atoms with Crippen molar-refractivity contribution in [2.24, 2.45) is 0 Å². The first kappa shape index (κ1) is 18.1. The molecule has 0 saturated carbocycles. The minimum atomic E-state index is -1.12. The van der Waals surface area contributed by atoms with Crippen LogP contribution < -0.4 is 5.32 Å². The molecule has 0 bridgehead atoms. The lowest BCUT2D eigenvalue weighted by Gasteiger charge is -2.46. The zero-order chi connectivity index (χ0) is 15.2. The molecule has 0 unspecified atom stereocenters. The van der Waals surface area contributed by atoms with Crippen LogP contribution in [0.4, 0.5) is 0 Å². The van der Waals surface area contributed by atoms with Gasteiger partial charge in [0.15, 0.2) is 0 Å². The predicted octanol–water partition coefficient (Wildman–Crippen LogP) is 3.67. The molecular weight excluding hydrogens is 254 g/mol. The number of hydrogen-bond acceptors (Lipinski definition) is 1. The largest absolute Gasteiger partial charge is 0.342 e. The molecule has 3 heteroatoms. The van der Waals surface area contributed by atoms with Crippen LogP contribution in [0.25, 0.3) is 0 Å². The van der Waals surface area contributed by atoms with Gasteiger partial charge in [-0.15, -0.1) is 0 Å². The van der Waals surface area contributed by atoms with E-state index in [2.05, 4.69) is 64.6 Å². The molecule has 110 valence electrons. The molecule has 0 atom stereocenters. The first-order valence-electron chi connectivity index (χ1n) is 6.89. The second-order valence-electron chi connectivity index (χ2n) is 5.77. The topological polar surface area (TPSA) is 29.1 Å². The van der Waals surface area contributed by atoms with Crippen molar-refractivity contribution in [2.75, 3.05) is 6.54 Å². The van der Waals surface area contributed by atoms with Crippen molar-refractivity contribution in [3.8, 4) is 11.2 Å². The van der Waals surface area contributed by atoms with Gasteiger partial charge in [-0.25, -0.2) is 0 Å². The Morgan fingerprint density at radius 2 is 1.53 bits per heavy atom. The van der Waals surface area contributed by atoms with Gasteiger partial charge in [0.1, 0.15) is 0 Å². The summed E-state index contributed by atoms with van der Waals surface area (Å²) in [7, 11) is -1.12. The van der Waals surface area contributed by atoms with Crippen molar-refractivity contribution in [1.82, 2.24) is 5.32 Å². The Balaban J connectivity index is 5.14. The molecule has 0 saturated heterocycles. The van der Waals surface area contributed by atoms with Gasteiger partial charge in [-0.3, -0.25) is 4.79 Å². The fourth-order valence-electron chi connectivity index (χ4n) is 2.40. The van der Waals surface area contributed by atoms with Gasteiger partial charge in [-0.1, -0.05) is 53.7 Å². The summed E-state index contributed by atoms with van der Waals surface area (Å²) in [4.78, 5) is 11.7. The maximum atomic E-state index is 11.7. The second-order valence-corrected chi connectivity index (χ2v) is 10.3. The van der Waals surface area contributed by atoms with Crippen molar-refractivity contribution in [2.45, 2.75) is 64.2 Å². The van der Waals surface area contributed by atoms with Crippen LogP contribution in [-0.2, 0) is 4.79 Å². The minimum Gasteiger partial charge on any atom is -0.342 e. The maximum Gasteiger partial charge on any atom is 0.296 e. The number of rotatable bonds is 5. The van der Waals surface area contributed by atoms with Crippen molar-refractivity contribution in [3.05, 3.63) is 12.2 Å². The molecule has 0 aliphatic heterocycles. The Kier molecular flexibility index (Phi) is 7.29. The first-order chi connectivity index (χ1) is 8.64. The van der Waals surface area contributed by atoms with E-state index in [1.165, 1.54) is 0 Å². The average Bonchev–Trinajstić information content (AvgIpc) is 2.25. The third-order valence-corrected chi connectivity index (χ3v) is 8.37. The van der Waals surface area contributed by atoms with Crippen molar-refractivity contribution in [3.63, 3.8) is 0 Å². The highest BCUT2D eigenvalue weighted by molar-refractivity contribution is 8.38. The third-order valence-electron chi connectivity index (χ3n) is 3.23. The summed E-state index contributed by atoms with van der Waals surface area (Å²) in [5.74, 6) is 2.63. The second kappa shape index (κ2) is 7.65. The standard InChI is InChI=1S/C16H29NOS/c1-12(2)11-17-16(18)9-10-19(13(3)4,14(5)6)15(7)8/h13-15H,1,11H2,2-8H3,(H,17,18). The van der Waals surface area contributed by atoms with E-state index in [0.717, 1.165) is 5.57 Å². The molecule has 1 amide bonds. The molecule has 0 aromatic heterocycles. The molecule has 1 N–H and O–H groups in total. The first-order valence-corrected chi connectivity index (χ1v) is 8.71. The Morgan fingerprint density at radius 3 is 1.84 bits per heavy atom. The van der Waals surface area contributed by atoms with Crippen molar-refractivity contribution in [1.29, 1.82) is 0 Å². The van der Waals surface area contributed by atoms with Gasteiger partial charge >= 0.3 is 0 Å². The van der Waals surface area contributed by atoms with Crippen LogP contribution in [0.1, 0.15) is 48.5 Å². The van der Waals surface area contributed by atoms with E-state index in [4.69, 9.17) is 0 Å². The lowest BCUT2D eigenvalue weighted by Crippen LogP contribution is -2.28. The SMILES string of the molecule is C=C(C)CNC(=O)C#CS(C(C)C)(C(C)C)C(C)C. The number of carbonyl (C=O) groups is 1. The van der Waals surface area contributed by atoms with Crippen LogP contribution in [-0.4, -0.2) is 28.2 Å². The molecule has 0 aliphatic rings. The normalized spacial score (nSPS) is 12.3. The average molecular weight is 283 g/mol. The summed E-state index contributed by atoms with van der Waals surface area (Å²) in [6, 6.07) is 0. The fourth-order valence-corrected chi connectivity index (χ4v) is 6.64. The van der Waals surface area contributed by atoms with Gasteiger partial charge in [0.05, 0.1) is 0 Å². The molecule has 0 radical (unpaired) electrons. The number of carbonyl (C=O) groups excluding carboxylic acids is 1. The van der Waals surface area contributed by atoms with Gasteiger partial charge in [0, 0.05) is 12.5 Å². The molecule has 0 aromatic rings. The number of hydrogen-bond donors (Lipinski definition) is 1. The zero-order valence-corrected chi connectivity index (χ0v) is 14.3. The van der Waals surface area contributed by atoms with Crippen molar-refractivity contribution < 1.29 is 4.79 Å². The van der Waals surface area contributed by atoms with E-state index in [0.29, 0.717) is 22.3 Å². The maximum absolute atomic E-state index is 11.7. The minimum absolute atomic E-state index is 0.193. The smallest absolute Gasteiger partial charge is 0.296 e. The lowest BCUT2D eigenvalue weighted by molar-refractivity contribution is -0.115. The van der Waals surface area contributed by atoms with Crippen LogP contribution in [0.5, 0.6) is 0 Å². The summed E-state index contributed by atoms with van der Waals surface area (Å²) in [6.07, 6.45) is 0. The van der Waals surface area contributed by atoms with E-state index in [1.807, 2.05) is 6.92 Å². The lowest BCUT2D eigenvalue weighted by atomic mass is 10.3. The monoisotopic (exact) mass is 283 g/mol. The van der Waals surface area contributed by atoms with E-state index in [1.54, 1.807) is 0 Å². The quantitative estimate of drug-likeness (QED) is 0.605. The van der Waals surface area contributed by atoms with Crippen LogP contribution >= 0.6 is 10.0 Å². The van der Waals surface area contributed by atoms with E-state index < -0.39 is 10.0 Å². The molecule has 0 rings (SSSR count). The molecule has 0 fully saturated rings. The van der Waals surface area contributed by atoms with Gasteiger partial charge in [-0.2, -0.15) is 10.0 Å². The molecular formula is C16H29NOS. The Morgan fingerprint density at radius 1 is 1.11 bits per heavy atom. The van der Waals surface area contributed by atoms with E-state index in [-0.39, 0.29) is 5.91 Å². The molecule has 0 heterocycles. The summed E-state index contributed by atoms with van der Waals surface area (Å²) >= 11 is 0. The summed E-state index contributed by atoms with van der Waals surface area (Å²) in [6.45, 7) is 19.5. The Labute approximate surface area is 120 Å². The Hall–Kier alpha value is -0.880. The highest BCUT2D eigenvalue weighted by Crippen LogP contribution is 2.59. The summed E-state index contributed by atoms with van der Waals surface area (Å²) < 4.78 is 0. The highest BCUT2D eigenvalue weighted by Gasteiger charge is 2.33. The van der Waals surface area contributed by atoms with Gasteiger partial charge in [0.2, 0.25) is 0 Å². The van der Waals surface area contributed by atoms with Crippen molar-refractivity contribution >= 4 is 15.9 Å².